The molecule has 1 aliphatic heterocycles. The first kappa shape index (κ1) is 19.2. The number of rotatable bonds is 7. The van der Waals surface area contributed by atoms with Crippen molar-refractivity contribution in [2.45, 2.75) is 24.7 Å². The average Bonchev–Trinajstić information content (AvgIpc) is 3.55. The van der Waals surface area contributed by atoms with Crippen molar-refractivity contribution < 1.29 is 4.79 Å². The van der Waals surface area contributed by atoms with Crippen LogP contribution in [0.1, 0.15) is 24.8 Å². The minimum absolute atomic E-state index is 0.154. The van der Waals surface area contributed by atoms with Crippen LogP contribution in [-0.2, 0) is 10.2 Å². The zero-order valence-corrected chi connectivity index (χ0v) is 16.7. The molecule has 2 aliphatic rings. The van der Waals surface area contributed by atoms with Crippen molar-refractivity contribution >= 4 is 23.5 Å². The maximum atomic E-state index is 12.7. The Morgan fingerprint density at radius 3 is 2.39 bits per heavy atom. The maximum Gasteiger partial charge on any atom is 0.230 e. The van der Waals surface area contributed by atoms with Gasteiger partial charge in [0.2, 0.25) is 11.9 Å². The Morgan fingerprint density at radius 2 is 1.75 bits per heavy atom. The normalized spacial score (nSPS) is 18.7. The number of nitrogens with zero attached hydrogens (tertiary/aromatic N) is 4. The molecule has 1 saturated carbocycles. The molecule has 1 N–H and O–H groups in total. The number of carbonyl (C=O) groups excluding carboxylic acids is 1. The Labute approximate surface area is 170 Å². The van der Waals surface area contributed by atoms with Crippen molar-refractivity contribution in [3.63, 3.8) is 0 Å². The second-order valence-corrected chi connectivity index (χ2v) is 8.01. The third kappa shape index (κ3) is 4.28. The molecule has 2 aromatic rings. The molecule has 4 rings (SSSR count). The van der Waals surface area contributed by atoms with Crippen LogP contribution >= 0.6 is 11.6 Å². The molecule has 7 heteroatoms. The van der Waals surface area contributed by atoms with E-state index in [0.717, 1.165) is 70.0 Å². The Bertz CT molecular complexity index is 786. The summed E-state index contributed by atoms with van der Waals surface area (Å²) < 4.78 is 0. The van der Waals surface area contributed by atoms with Gasteiger partial charge in [-0.25, -0.2) is 9.97 Å². The summed E-state index contributed by atoms with van der Waals surface area (Å²) in [5.74, 6) is 0.965. The van der Waals surface area contributed by atoms with E-state index in [1.54, 1.807) is 12.4 Å². The van der Waals surface area contributed by atoms with Crippen molar-refractivity contribution in [3.8, 4) is 0 Å². The van der Waals surface area contributed by atoms with Gasteiger partial charge in [0.05, 0.1) is 5.41 Å². The van der Waals surface area contributed by atoms with Gasteiger partial charge in [0, 0.05) is 50.1 Å². The van der Waals surface area contributed by atoms with Gasteiger partial charge >= 0.3 is 0 Å². The number of hydrogen-bond donors (Lipinski definition) is 1. The van der Waals surface area contributed by atoms with Crippen molar-refractivity contribution in [2.75, 3.05) is 44.2 Å². The second kappa shape index (κ2) is 8.45. The molecule has 1 aromatic heterocycles. The lowest BCUT2D eigenvalue weighted by molar-refractivity contribution is -0.123. The number of amides is 1. The zero-order valence-electron chi connectivity index (χ0n) is 16.0. The van der Waals surface area contributed by atoms with Gasteiger partial charge in [-0.15, -0.1) is 0 Å². The van der Waals surface area contributed by atoms with Crippen LogP contribution in [0, 0.1) is 0 Å². The van der Waals surface area contributed by atoms with E-state index in [2.05, 4.69) is 25.1 Å². The SMILES string of the molecule is O=C(NCCCN1CCN(c2ncccn2)CC1)C1(c2ccc(Cl)cc2)CC1. The van der Waals surface area contributed by atoms with E-state index in [1.807, 2.05) is 30.3 Å². The highest BCUT2D eigenvalue weighted by Crippen LogP contribution is 2.48. The molecule has 1 aliphatic carbocycles. The van der Waals surface area contributed by atoms with E-state index < -0.39 is 0 Å². The molecule has 1 saturated heterocycles. The lowest BCUT2D eigenvalue weighted by Gasteiger charge is -2.34. The predicted octanol–water partition coefficient (Wildman–Crippen LogP) is 2.49. The first-order valence-electron chi connectivity index (χ1n) is 9.96. The third-order valence-electron chi connectivity index (χ3n) is 5.73. The van der Waals surface area contributed by atoms with Gasteiger partial charge in [0.15, 0.2) is 0 Å². The molecule has 0 radical (unpaired) electrons. The summed E-state index contributed by atoms with van der Waals surface area (Å²) in [6.45, 7) is 5.60. The van der Waals surface area contributed by atoms with Gasteiger partial charge in [-0.2, -0.15) is 0 Å². The van der Waals surface area contributed by atoms with Crippen molar-refractivity contribution in [2.24, 2.45) is 0 Å². The topological polar surface area (TPSA) is 61.4 Å². The lowest BCUT2D eigenvalue weighted by atomic mass is 9.95. The number of nitrogens with one attached hydrogen (secondary N) is 1. The van der Waals surface area contributed by atoms with Crippen molar-refractivity contribution in [3.05, 3.63) is 53.3 Å². The standard InChI is InChI=1S/C21H26ClN5O/c22-18-5-3-17(4-6-18)21(7-8-21)19(28)23-11-2-12-26-13-15-27(16-14-26)20-24-9-1-10-25-20/h1,3-6,9-10H,2,7-8,11-16H2,(H,23,28). The molecule has 1 amide bonds. The molecule has 28 heavy (non-hydrogen) atoms. The summed E-state index contributed by atoms with van der Waals surface area (Å²) in [4.78, 5) is 26.0. The fourth-order valence-corrected chi connectivity index (χ4v) is 3.97. The van der Waals surface area contributed by atoms with Crippen LogP contribution in [-0.4, -0.2) is 60.0 Å². The Morgan fingerprint density at radius 1 is 1.07 bits per heavy atom. The van der Waals surface area contributed by atoms with E-state index >= 15 is 0 Å². The molecular formula is C21H26ClN5O. The highest BCUT2D eigenvalue weighted by molar-refractivity contribution is 6.30. The lowest BCUT2D eigenvalue weighted by Crippen LogP contribution is -2.47. The summed E-state index contributed by atoms with van der Waals surface area (Å²) in [6.07, 6.45) is 6.38. The molecule has 0 unspecified atom stereocenters. The first-order chi connectivity index (χ1) is 13.7. The van der Waals surface area contributed by atoms with E-state index in [-0.39, 0.29) is 11.3 Å². The molecule has 2 heterocycles. The monoisotopic (exact) mass is 399 g/mol. The minimum Gasteiger partial charge on any atom is -0.355 e. The fourth-order valence-electron chi connectivity index (χ4n) is 3.84. The molecule has 0 bridgehead atoms. The van der Waals surface area contributed by atoms with Crippen LogP contribution in [0.4, 0.5) is 5.95 Å². The van der Waals surface area contributed by atoms with Crippen molar-refractivity contribution in [1.29, 1.82) is 0 Å². The maximum absolute atomic E-state index is 12.7. The molecule has 2 fully saturated rings. The number of halogens is 1. The minimum atomic E-state index is -0.327. The van der Waals surface area contributed by atoms with E-state index in [4.69, 9.17) is 11.6 Å². The Hall–Kier alpha value is -2.18. The summed E-state index contributed by atoms with van der Waals surface area (Å²) in [7, 11) is 0. The van der Waals surface area contributed by atoms with Crippen LogP contribution in [0.5, 0.6) is 0 Å². The van der Waals surface area contributed by atoms with E-state index in [0.29, 0.717) is 5.02 Å². The van der Waals surface area contributed by atoms with E-state index in [9.17, 15) is 4.79 Å². The number of carbonyl (C=O) groups is 1. The quantitative estimate of drug-likeness (QED) is 0.725. The molecular weight excluding hydrogens is 374 g/mol. The number of aromatic nitrogens is 2. The highest BCUT2D eigenvalue weighted by atomic mass is 35.5. The van der Waals surface area contributed by atoms with Crippen LogP contribution in [0.3, 0.4) is 0 Å². The van der Waals surface area contributed by atoms with Crippen LogP contribution in [0.25, 0.3) is 0 Å². The highest BCUT2D eigenvalue weighted by Gasteiger charge is 2.50. The van der Waals surface area contributed by atoms with Crippen LogP contribution < -0.4 is 10.2 Å². The molecule has 6 nitrogen and oxygen atoms in total. The Kier molecular flexibility index (Phi) is 5.78. The number of piperazine rings is 1. The summed E-state index contributed by atoms with van der Waals surface area (Å²) >= 11 is 5.97. The molecule has 148 valence electrons. The average molecular weight is 400 g/mol. The fraction of sp³-hybridized carbons (Fsp3) is 0.476. The van der Waals surface area contributed by atoms with Crippen molar-refractivity contribution in [1.82, 2.24) is 20.2 Å². The predicted molar refractivity (Wildman–Crippen MR) is 111 cm³/mol. The van der Waals surface area contributed by atoms with Gasteiger partial charge in [-0.05, 0) is 49.6 Å². The Balaban J connectivity index is 1.17. The van der Waals surface area contributed by atoms with Gasteiger partial charge in [0.1, 0.15) is 0 Å². The van der Waals surface area contributed by atoms with Crippen LogP contribution in [0.15, 0.2) is 42.7 Å². The van der Waals surface area contributed by atoms with E-state index in [1.165, 1.54) is 0 Å². The third-order valence-corrected chi connectivity index (χ3v) is 5.98. The molecule has 0 atom stereocenters. The van der Waals surface area contributed by atoms with Gasteiger partial charge in [-0.3, -0.25) is 9.69 Å². The van der Waals surface area contributed by atoms with Crippen LogP contribution in [0.2, 0.25) is 5.02 Å². The number of benzene rings is 1. The summed E-state index contributed by atoms with van der Waals surface area (Å²) in [5.41, 5.74) is 0.750. The smallest absolute Gasteiger partial charge is 0.230 e. The molecule has 0 spiro atoms. The molecule has 1 aromatic carbocycles. The van der Waals surface area contributed by atoms with Gasteiger partial charge < -0.3 is 10.2 Å². The second-order valence-electron chi connectivity index (χ2n) is 7.58. The summed E-state index contributed by atoms with van der Waals surface area (Å²) in [6, 6.07) is 9.52. The van der Waals surface area contributed by atoms with Gasteiger partial charge in [-0.1, -0.05) is 23.7 Å². The zero-order chi connectivity index (χ0) is 19.4. The first-order valence-corrected chi connectivity index (χ1v) is 10.3. The number of anilines is 1. The summed E-state index contributed by atoms with van der Waals surface area (Å²) in [5, 5.41) is 3.85. The number of hydrogen-bond acceptors (Lipinski definition) is 5. The van der Waals surface area contributed by atoms with Gasteiger partial charge in [0.25, 0.3) is 0 Å². The largest absolute Gasteiger partial charge is 0.355 e.